The normalized spacial score (nSPS) is 10.6. The van der Waals surface area contributed by atoms with Crippen LogP contribution < -0.4 is 0 Å². The highest BCUT2D eigenvalue weighted by atomic mass is 35.5. The van der Waals surface area contributed by atoms with Gasteiger partial charge in [0.2, 0.25) is 0 Å². The summed E-state index contributed by atoms with van der Waals surface area (Å²) in [7, 11) is 0. The summed E-state index contributed by atoms with van der Waals surface area (Å²) < 4.78 is 0. The van der Waals surface area contributed by atoms with Gasteiger partial charge < -0.3 is 0 Å². The molecular weight excluding hydrogens is 242 g/mol. The molecule has 0 saturated carbocycles. The number of nitro benzene ring substituents is 1. The van der Waals surface area contributed by atoms with Crippen LogP contribution in [-0.4, -0.2) is 10.7 Å². The maximum atomic E-state index is 11.5. The van der Waals surface area contributed by atoms with Crippen LogP contribution in [0.5, 0.6) is 0 Å². The fourth-order valence-corrected chi connectivity index (χ4v) is 1.67. The van der Waals surface area contributed by atoms with Crippen LogP contribution in [0.4, 0.5) is 5.69 Å². The number of Topliss-reactive ketones (excluding diaryl/α,β-unsaturated/α-hetero) is 1. The van der Waals surface area contributed by atoms with E-state index >= 15 is 0 Å². The van der Waals surface area contributed by atoms with E-state index in [1.807, 2.05) is 13.8 Å². The number of nitrogens with zero attached hydrogens (tertiary/aromatic N) is 1. The van der Waals surface area contributed by atoms with Gasteiger partial charge in [-0.3, -0.25) is 14.9 Å². The summed E-state index contributed by atoms with van der Waals surface area (Å²) >= 11 is 5.92. The first kappa shape index (κ1) is 13.6. The summed E-state index contributed by atoms with van der Waals surface area (Å²) in [4.78, 5) is 21.5. The fourth-order valence-electron chi connectivity index (χ4n) is 1.40. The Morgan fingerprint density at radius 3 is 2.59 bits per heavy atom. The number of carbonyl (C=O) groups excluding carboxylic acids is 1. The van der Waals surface area contributed by atoms with E-state index < -0.39 is 4.92 Å². The SMILES string of the molecule is CC(C)C(=O)CCc1ccc([N+](=O)[O-])cc1Cl. The van der Waals surface area contributed by atoms with Crippen LogP contribution in [-0.2, 0) is 11.2 Å². The van der Waals surface area contributed by atoms with Crippen molar-refractivity contribution in [1.29, 1.82) is 0 Å². The zero-order chi connectivity index (χ0) is 13.0. The van der Waals surface area contributed by atoms with Crippen LogP contribution in [0.3, 0.4) is 0 Å². The van der Waals surface area contributed by atoms with E-state index in [4.69, 9.17) is 11.6 Å². The van der Waals surface area contributed by atoms with Crippen LogP contribution in [0, 0.1) is 16.0 Å². The molecule has 0 atom stereocenters. The number of nitro groups is 1. The largest absolute Gasteiger partial charge is 0.299 e. The van der Waals surface area contributed by atoms with E-state index in [-0.39, 0.29) is 17.4 Å². The monoisotopic (exact) mass is 255 g/mol. The first-order valence-corrected chi connectivity index (χ1v) is 5.75. The van der Waals surface area contributed by atoms with Crippen molar-refractivity contribution in [2.75, 3.05) is 0 Å². The van der Waals surface area contributed by atoms with Gasteiger partial charge in [0, 0.05) is 24.5 Å². The van der Waals surface area contributed by atoms with Crippen molar-refractivity contribution in [3.8, 4) is 0 Å². The molecule has 0 radical (unpaired) electrons. The number of benzene rings is 1. The lowest BCUT2D eigenvalue weighted by atomic mass is 10.0. The molecule has 0 N–H and O–H groups in total. The third-order valence-corrected chi connectivity index (χ3v) is 2.88. The zero-order valence-corrected chi connectivity index (χ0v) is 10.5. The first-order chi connectivity index (χ1) is 7.91. The summed E-state index contributed by atoms with van der Waals surface area (Å²) in [5, 5.41) is 10.9. The van der Waals surface area contributed by atoms with Gasteiger partial charge in [0.25, 0.3) is 5.69 Å². The van der Waals surface area contributed by atoms with E-state index in [9.17, 15) is 14.9 Å². The highest BCUT2D eigenvalue weighted by Crippen LogP contribution is 2.23. The molecule has 1 aromatic carbocycles. The molecule has 0 unspecified atom stereocenters. The lowest BCUT2D eigenvalue weighted by molar-refractivity contribution is -0.384. The molecular formula is C12H14ClNO3. The Kier molecular flexibility index (Phi) is 4.63. The topological polar surface area (TPSA) is 60.2 Å². The predicted molar refractivity (Wildman–Crippen MR) is 66.3 cm³/mol. The second kappa shape index (κ2) is 5.77. The molecule has 0 bridgehead atoms. The zero-order valence-electron chi connectivity index (χ0n) is 9.77. The summed E-state index contributed by atoms with van der Waals surface area (Å²) in [6, 6.07) is 4.33. The van der Waals surface area contributed by atoms with Gasteiger partial charge in [-0.2, -0.15) is 0 Å². The molecule has 0 aromatic heterocycles. The van der Waals surface area contributed by atoms with E-state index in [1.54, 1.807) is 6.07 Å². The molecule has 0 fully saturated rings. The van der Waals surface area contributed by atoms with Crippen molar-refractivity contribution < 1.29 is 9.72 Å². The van der Waals surface area contributed by atoms with Crippen molar-refractivity contribution in [2.45, 2.75) is 26.7 Å². The molecule has 0 spiro atoms. The van der Waals surface area contributed by atoms with Crippen LogP contribution in [0.25, 0.3) is 0 Å². The summed E-state index contributed by atoms with van der Waals surface area (Å²) in [5.41, 5.74) is 0.736. The summed E-state index contributed by atoms with van der Waals surface area (Å²) in [6.07, 6.45) is 0.934. The van der Waals surface area contributed by atoms with Crippen molar-refractivity contribution in [3.63, 3.8) is 0 Å². The number of aryl methyl sites for hydroxylation is 1. The number of hydrogen-bond acceptors (Lipinski definition) is 3. The molecule has 5 heteroatoms. The van der Waals surface area contributed by atoms with Crippen molar-refractivity contribution >= 4 is 23.1 Å². The number of non-ortho nitro benzene ring substituents is 1. The second-order valence-electron chi connectivity index (χ2n) is 4.15. The van der Waals surface area contributed by atoms with Crippen LogP contribution in [0.1, 0.15) is 25.8 Å². The van der Waals surface area contributed by atoms with Gasteiger partial charge in [0.05, 0.1) is 9.95 Å². The molecule has 4 nitrogen and oxygen atoms in total. The smallest absolute Gasteiger partial charge is 0.270 e. The van der Waals surface area contributed by atoms with Gasteiger partial charge >= 0.3 is 0 Å². The minimum atomic E-state index is -0.491. The van der Waals surface area contributed by atoms with Crippen LogP contribution in [0.2, 0.25) is 5.02 Å². The number of rotatable bonds is 5. The van der Waals surface area contributed by atoms with E-state index in [0.29, 0.717) is 17.9 Å². The molecule has 0 aliphatic carbocycles. The Bertz CT molecular complexity index is 443. The number of carbonyl (C=O) groups is 1. The molecule has 0 amide bonds. The van der Waals surface area contributed by atoms with Gasteiger partial charge in [0.15, 0.2) is 0 Å². The standard InChI is InChI=1S/C12H14ClNO3/c1-8(2)12(15)6-4-9-3-5-10(14(16)17)7-11(9)13/h3,5,7-8H,4,6H2,1-2H3. The fraction of sp³-hybridized carbons (Fsp3) is 0.417. The predicted octanol–water partition coefficient (Wildman–Crippen LogP) is 3.41. The van der Waals surface area contributed by atoms with Crippen LogP contribution >= 0.6 is 11.6 Å². The van der Waals surface area contributed by atoms with Gasteiger partial charge in [-0.15, -0.1) is 0 Å². The van der Waals surface area contributed by atoms with E-state index in [2.05, 4.69) is 0 Å². The molecule has 1 aromatic rings. The quantitative estimate of drug-likeness (QED) is 0.598. The van der Waals surface area contributed by atoms with Crippen LogP contribution in [0.15, 0.2) is 18.2 Å². The van der Waals surface area contributed by atoms with Gasteiger partial charge in [-0.25, -0.2) is 0 Å². The third kappa shape index (κ3) is 3.82. The molecule has 17 heavy (non-hydrogen) atoms. The highest BCUT2D eigenvalue weighted by molar-refractivity contribution is 6.31. The molecule has 1 rings (SSSR count). The lowest BCUT2D eigenvalue weighted by Crippen LogP contribution is -2.08. The molecule has 0 saturated heterocycles. The average Bonchev–Trinajstić information content (AvgIpc) is 2.26. The lowest BCUT2D eigenvalue weighted by Gasteiger charge is -2.05. The van der Waals surface area contributed by atoms with Crippen molar-refractivity contribution in [3.05, 3.63) is 38.9 Å². The first-order valence-electron chi connectivity index (χ1n) is 5.37. The Labute approximate surface area is 105 Å². The number of ketones is 1. The molecule has 0 heterocycles. The van der Waals surface area contributed by atoms with Crippen molar-refractivity contribution in [1.82, 2.24) is 0 Å². The Hall–Kier alpha value is -1.42. The van der Waals surface area contributed by atoms with E-state index in [1.165, 1.54) is 12.1 Å². The molecule has 92 valence electrons. The Morgan fingerprint density at radius 2 is 2.12 bits per heavy atom. The Morgan fingerprint density at radius 1 is 1.47 bits per heavy atom. The van der Waals surface area contributed by atoms with E-state index in [0.717, 1.165) is 5.56 Å². The molecule has 0 aliphatic rings. The minimum absolute atomic E-state index is 0.00632. The number of halogens is 1. The molecule has 0 aliphatic heterocycles. The van der Waals surface area contributed by atoms with Crippen molar-refractivity contribution in [2.24, 2.45) is 5.92 Å². The summed E-state index contributed by atoms with van der Waals surface area (Å²) in [6.45, 7) is 3.69. The second-order valence-corrected chi connectivity index (χ2v) is 4.56. The van der Waals surface area contributed by atoms with Gasteiger partial charge in [-0.05, 0) is 12.0 Å². The number of hydrogen-bond donors (Lipinski definition) is 0. The van der Waals surface area contributed by atoms with Gasteiger partial charge in [-0.1, -0.05) is 31.5 Å². The summed E-state index contributed by atoms with van der Waals surface area (Å²) in [5.74, 6) is 0.172. The maximum Gasteiger partial charge on any atom is 0.270 e. The maximum absolute atomic E-state index is 11.5. The average molecular weight is 256 g/mol. The third-order valence-electron chi connectivity index (χ3n) is 2.53. The van der Waals surface area contributed by atoms with Gasteiger partial charge in [0.1, 0.15) is 5.78 Å². The highest BCUT2D eigenvalue weighted by Gasteiger charge is 2.12. The minimum Gasteiger partial charge on any atom is -0.299 e. The Balaban J connectivity index is 2.73.